The summed E-state index contributed by atoms with van der Waals surface area (Å²) in [5, 5.41) is 17.4. The lowest BCUT2D eigenvalue weighted by atomic mass is 9.49. The number of halogens is 4. The molecule has 0 aliphatic heterocycles. The van der Waals surface area contributed by atoms with E-state index < -0.39 is 29.0 Å². The summed E-state index contributed by atoms with van der Waals surface area (Å²) in [6, 6.07) is 8.34. The molecule has 1 amide bonds. The van der Waals surface area contributed by atoms with Crippen molar-refractivity contribution in [3.63, 3.8) is 0 Å². The van der Waals surface area contributed by atoms with Gasteiger partial charge in [-0.3, -0.25) is 9.59 Å². The summed E-state index contributed by atoms with van der Waals surface area (Å²) in [5.41, 5.74) is 2.06. The third-order valence-electron chi connectivity index (χ3n) is 8.85. The average molecular weight is 638 g/mol. The number of carbonyl (C=O) groups excluding carboxylic acids is 1. The summed E-state index contributed by atoms with van der Waals surface area (Å²) in [6.45, 7) is 8.72. The standard InChI is InChI=1S/C31H36BrF3N2O4/c1-18(2)21-15-22-23(16-24(21)32)29(3)11-5-12-30(4,28(39)40)26(29)17-25(22)37-41-14-6-13-36-27(38)19-7-9-20(10-8-19)31(33,34)35/h7-10,15-16,18,26H,5-6,11-14,17H2,1-4H3,(H,36,38)(H,39,40)/b37-25+/t26?,29-,30-/m1/s1. The highest BCUT2D eigenvalue weighted by molar-refractivity contribution is 9.10. The fourth-order valence-electron chi connectivity index (χ4n) is 6.41. The number of fused-ring (bicyclic) bond motifs is 3. The number of oxime groups is 1. The van der Waals surface area contributed by atoms with Crippen molar-refractivity contribution in [1.82, 2.24) is 5.32 Å². The van der Waals surface area contributed by atoms with Crippen LogP contribution in [-0.2, 0) is 21.2 Å². The van der Waals surface area contributed by atoms with Gasteiger partial charge in [0.1, 0.15) is 6.61 Å². The Morgan fingerprint density at radius 2 is 1.85 bits per heavy atom. The molecule has 1 unspecified atom stereocenters. The van der Waals surface area contributed by atoms with E-state index in [4.69, 9.17) is 4.84 Å². The number of hydrogen-bond donors (Lipinski definition) is 2. The average Bonchev–Trinajstić information content (AvgIpc) is 2.90. The van der Waals surface area contributed by atoms with Crippen LogP contribution >= 0.6 is 15.9 Å². The number of nitrogens with zero attached hydrogens (tertiary/aromatic N) is 1. The second kappa shape index (κ2) is 11.8. The molecule has 41 heavy (non-hydrogen) atoms. The van der Waals surface area contributed by atoms with Crippen molar-refractivity contribution in [1.29, 1.82) is 0 Å². The number of amides is 1. The number of hydrogen-bond acceptors (Lipinski definition) is 4. The molecule has 2 aliphatic carbocycles. The minimum absolute atomic E-state index is 0.141. The topological polar surface area (TPSA) is 88.0 Å². The molecule has 4 rings (SSSR count). The Morgan fingerprint density at radius 1 is 1.17 bits per heavy atom. The van der Waals surface area contributed by atoms with Gasteiger partial charge >= 0.3 is 12.1 Å². The zero-order chi connectivity index (χ0) is 30.2. The van der Waals surface area contributed by atoms with Gasteiger partial charge in [0.05, 0.1) is 16.7 Å². The Hall–Kier alpha value is -2.88. The van der Waals surface area contributed by atoms with Gasteiger partial charge < -0.3 is 15.3 Å². The molecule has 0 heterocycles. The van der Waals surface area contributed by atoms with Crippen LogP contribution in [0.3, 0.4) is 0 Å². The Morgan fingerprint density at radius 3 is 2.46 bits per heavy atom. The van der Waals surface area contributed by atoms with E-state index in [1.54, 1.807) is 0 Å². The number of nitrogens with one attached hydrogen (secondary N) is 1. The van der Waals surface area contributed by atoms with E-state index in [9.17, 15) is 27.9 Å². The molecule has 0 spiro atoms. The van der Waals surface area contributed by atoms with Crippen molar-refractivity contribution >= 4 is 33.5 Å². The molecule has 0 saturated heterocycles. The Kier molecular flexibility index (Phi) is 8.92. The molecule has 2 aromatic rings. The summed E-state index contributed by atoms with van der Waals surface area (Å²) >= 11 is 3.74. The molecule has 1 fully saturated rings. The predicted molar refractivity (Wildman–Crippen MR) is 154 cm³/mol. The van der Waals surface area contributed by atoms with Gasteiger partial charge in [0, 0.05) is 28.6 Å². The van der Waals surface area contributed by atoms with Crippen LogP contribution in [0.15, 0.2) is 46.0 Å². The van der Waals surface area contributed by atoms with Crippen LogP contribution in [0.2, 0.25) is 0 Å². The fourth-order valence-corrected chi connectivity index (χ4v) is 7.21. The van der Waals surface area contributed by atoms with Gasteiger partial charge in [-0.15, -0.1) is 0 Å². The molecule has 2 aromatic carbocycles. The first-order chi connectivity index (χ1) is 19.2. The van der Waals surface area contributed by atoms with E-state index in [2.05, 4.69) is 59.3 Å². The summed E-state index contributed by atoms with van der Waals surface area (Å²) in [5.74, 6) is -1.15. The summed E-state index contributed by atoms with van der Waals surface area (Å²) < 4.78 is 39.3. The summed E-state index contributed by atoms with van der Waals surface area (Å²) in [4.78, 5) is 30.5. The maximum atomic E-state index is 12.8. The Bertz CT molecular complexity index is 1340. The van der Waals surface area contributed by atoms with Gasteiger partial charge in [0.25, 0.3) is 5.91 Å². The molecule has 3 atom stereocenters. The maximum absolute atomic E-state index is 12.8. The van der Waals surface area contributed by atoms with Crippen LogP contribution in [0, 0.1) is 11.3 Å². The lowest BCUT2D eigenvalue weighted by molar-refractivity contribution is -0.156. The van der Waals surface area contributed by atoms with E-state index in [-0.39, 0.29) is 36.0 Å². The molecule has 10 heteroatoms. The smallest absolute Gasteiger partial charge is 0.416 e. The van der Waals surface area contributed by atoms with Gasteiger partial charge in [0.15, 0.2) is 0 Å². The lowest BCUT2D eigenvalue weighted by Crippen LogP contribution is -2.53. The molecule has 2 N–H and O–H groups in total. The van der Waals surface area contributed by atoms with Crippen molar-refractivity contribution in [2.45, 2.75) is 77.3 Å². The number of aliphatic carboxylic acids is 1. The number of alkyl halides is 3. The van der Waals surface area contributed by atoms with E-state index in [0.29, 0.717) is 19.3 Å². The summed E-state index contributed by atoms with van der Waals surface area (Å²) in [7, 11) is 0. The number of carbonyl (C=O) groups is 2. The van der Waals surface area contributed by atoms with Crippen molar-refractivity contribution < 1.29 is 32.7 Å². The minimum atomic E-state index is -4.46. The fraction of sp³-hybridized carbons (Fsp3) is 0.516. The van der Waals surface area contributed by atoms with Crippen LogP contribution in [0.1, 0.15) is 98.3 Å². The molecule has 222 valence electrons. The third-order valence-corrected chi connectivity index (χ3v) is 9.54. The van der Waals surface area contributed by atoms with E-state index in [1.807, 2.05) is 6.92 Å². The minimum Gasteiger partial charge on any atom is -0.481 e. The van der Waals surface area contributed by atoms with Crippen molar-refractivity contribution in [3.05, 3.63) is 68.7 Å². The maximum Gasteiger partial charge on any atom is 0.416 e. The van der Waals surface area contributed by atoms with Gasteiger partial charge in [-0.1, -0.05) is 48.3 Å². The molecule has 1 saturated carbocycles. The molecular formula is C31H36BrF3N2O4. The zero-order valence-electron chi connectivity index (χ0n) is 23.7. The van der Waals surface area contributed by atoms with Gasteiger partial charge in [0.2, 0.25) is 0 Å². The lowest BCUT2D eigenvalue weighted by Gasteiger charge is -2.53. The number of rotatable bonds is 8. The zero-order valence-corrected chi connectivity index (χ0v) is 25.3. The first-order valence-electron chi connectivity index (χ1n) is 13.9. The van der Waals surface area contributed by atoms with Crippen LogP contribution in [0.25, 0.3) is 0 Å². The Balaban J connectivity index is 1.48. The van der Waals surface area contributed by atoms with Crippen molar-refractivity contribution in [3.8, 4) is 0 Å². The molecule has 0 radical (unpaired) electrons. The van der Waals surface area contributed by atoms with Crippen LogP contribution in [0.4, 0.5) is 13.2 Å². The van der Waals surface area contributed by atoms with Crippen LogP contribution in [0.5, 0.6) is 0 Å². The molecular weight excluding hydrogens is 601 g/mol. The normalized spacial score (nSPS) is 25.0. The second-order valence-corrected chi connectivity index (χ2v) is 12.7. The number of carboxylic acids is 1. The highest BCUT2D eigenvalue weighted by Gasteiger charge is 2.56. The molecule has 0 bridgehead atoms. The first kappa shape index (κ1) is 31.1. The van der Waals surface area contributed by atoms with Gasteiger partial charge in [-0.05, 0) is 91.0 Å². The molecule has 6 nitrogen and oxygen atoms in total. The quantitative estimate of drug-likeness (QED) is 0.230. The number of carboxylic acid groups (broad SMARTS) is 1. The predicted octanol–water partition coefficient (Wildman–Crippen LogP) is 7.68. The van der Waals surface area contributed by atoms with E-state index >= 15 is 0 Å². The van der Waals surface area contributed by atoms with E-state index in [0.717, 1.165) is 64.0 Å². The van der Waals surface area contributed by atoms with Crippen LogP contribution in [-0.4, -0.2) is 35.8 Å². The van der Waals surface area contributed by atoms with E-state index in [1.165, 1.54) is 0 Å². The SMILES string of the molecule is CC(C)c1cc2c(cc1Br)[C@@]1(C)CCC[C@@](C)(C(=O)O)C1C/C2=N\OCCCNC(=O)c1ccc(C(F)(F)F)cc1. The molecule has 0 aromatic heterocycles. The van der Waals surface area contributed by atoms with Crippen molar-refractivity contribution in [2.24, 2.45) is 16.5 Å². The second-order valence-electron chi connectivity index (χ2n) is 11.9. The monoisotopic (exact) mass is 636 g/mol. The van der Waals surface area contributed by atoms with Crippen molar-refractivity contribution in [2.75, 3.05) is 13.2 Å². The highest BCUT2D eigenvalue weighted by atomic mass is 79.9. The largest absolute Gasteiger partial charge is 0.481 e. The molecule has 2 aliphatic rings. The third kappa shape index (κ3) is 6.17. The van der Waals surface area contributed by atoms with Gasteiger partial charge in [-0.25, -0.2) is 0 Å². The first-order valence-corrected chi connectivity index (χ1v) is 14.7. The summed E-state index contributed by atoms with van der Waals surface area (Å²) in [6.07, 6.45) is -1.21. The Labute approximate surface area is 246 Å². The number of benzene rings is 2. The highest BCUT2D eigenvalue weighted by Crippen LogP contribution is 2.58. The van der Waals surface area contributed by atoms with Crippen LogP contribution < -0.4 is 5.32 Å². The van der Waals surface area contributed by atoms with Gasteiger partial charge in [-0.2, -0.15) is 13.2 Å².